The standard InChI is InChI=1S/C14H16N4S/c1-10-3-5-11(6-4-10)18-13(15)17-9-14(18,2)12-16-7-8-19-12/h3-8H,9H2,1-2H3,(H2,15,17). The second kappa shape index (κ2) is 4.35. The molecule has 0 radical (unpaired) electrons. The van der Waals surface area contributed by atoms with Gasteiger partial charge in [-0.05, 0) is 26.0 Å². The molecule has 19 heavy (non-hydrogen) atoms. The molecule has 2 N–H and O–H groups in total. The summed E-state index contributed by atoms with van der Waals surface area (Å²) < 4.78 is 0. The number of aryl methyl sites for hydroxylation is 1. The van der Waals surface area contributed by atoms with E-state index in [1.165, 1.54) is 5.56 Å². The summed E-state index contributed by atoms with van der Waals surface area (Å²) in [6.07, 6.45) is 1.83. The van der Waals surface area contributed by atoms with Gasteiger partial charge in [0.15, 0.2) is 5.96 Å². The third-order valence-corrected chi connectivity index (χ3v) is 4.48. The molecule has 0 spiro atoms. The second-order valence-corrected chi connectivity index (χ2v) is 5.85. The van der Waals surface area contributed by atoms with E-state index in [1.54, 1.807) is 11.3 Å². The summed E-state index contributed by atoms with van der Waals surface area (Å²) in [7, 11) is 0. The van der Waals surface area contributed by atoms with Crippen molar-refractivity contribution in [2.24, 2.45) is 10.7 Å². The Morgan fingerprint density at radius 2 is 2.05 bits per heavy atom. The van der Waals surface area contributed by atoms with Gasteiger partial charge < -0.3 is 5.73 Å². The second-order valence-electron chi connectivity index (χ2n) is 4.96. The Morgan fingerprint density at radius 3 is 2.68 bits per heavy atom. The van der Waals surface area contributed by atoms with Gasteiger partial charge in [0.2, 0.25) is 0 Å². The molecule has 0 amide bonds. The highest BCUT2D eigenvalue weighted by Gasteiger charge is 2.42. The van der Waals surface area contributed by atoms with E-state index in [0.717, 1.165) is 10.7 Å². The highest BCUT2D eigenvalue weighted by atomic mass is 32.1. The topological polar surface area (TPSA) is 54.5 Å². The summed E-state index contributed by atoms with van der Waals surface area (Å²) in [6.45, 7) is 4.85. The van der Waals surface area contributed by atoms with Gasteiger partial charge in [-0.2, -0.15) is 0 Å². The summed E-state index contributed by atoms with van der Waals surface area (Å²) in [4.78, 5) is 10.9. The van der Waals surface area contributed by atoms with Crippen molar-refractivity contribution in [3.05, 3.63) is 46.4 Å². The predicted molar refractivity (Wildman–Crippen MR) is 79.6 cm³/mol. The van der Waals surface area contributed by atoms with Crippen molar-refractivity contribution in [2.45, 2.75) is 19.4 Å². The van der Waals surface area contributed by atoms with Crippen LogP contribution in [0.4, 0.5) is 5.69 Å². The maximum Gasteiger partial charge on any atom is 0.196 e. The Bertz CT molecular complexity index is 603. The molecule has 1 atom stereocenters. The summed E-state index contributed by atoms with van der Waals surface area (Å²) in [5.74, 6) is 0.557. The fourth-order valence-corrected chi connectivity index (χ4v) is 3.17. The molecule has 1 aliphatic heterocycles. The van der Waals surface area contributed by atoms with Crippen molar-refractivity contribution in [1.82, 2.24) is 4.98 Å². The number of hydrogen-bond donors (Lipinski definition) is 1. The fraction of sp³-hybridized carbons (Fsp3) is 0.286. The SMILES string of the molecule is Cc1ccc(N2C(N)=NCC2(C)c2nccs2)cc1. The molecular weight excluding hydrogens is 256 g/mol. The number of guanidine groups is 1. The summed E-state index contributed by atoms with van der Waals surface area (Å²) in [6, 6.07) is 8.33. The number of benzene rings is 1. The van der Waals surface area contributed by atoms with Crippen LogP contribution in [-0.4, -0.2) is 17.5 Å². The first-order valence-electron chi connectivity index (χ1n) is 6.18. The number of hydrogen-bond acceptors (Lipinski definition) is 5. The number of nitrogens with two attached hydrogens (primary N) is 1. The van der Waals surface area contributed by atoms with Gasteiger partial charge in [0.1, 0.15) is 10.5 Å². The van der Waals surface area contributed by atoms with Crippen molar-refractivity contribution < 1.29 is 0 Å². The lowest BCUT2D eigenvalue weighted by Crippen LogP contribution is -2.47. The monoisotopic (exact) mass is 272 g/mol. The predicted octanol–water partition coefficient (Wildman–Crippen LogP) is 2.50. The number of anilines is 1. The van der Waals surface area contributed by atoms with E-state index < -0.39 is 0 Å². The van der Waals surface area contributed by atoms with Gasteiger partial charge in [0, 0.05) is 17.3 Å². The van der Waals surface area contributed by atoms with Crippen molar-refractivity contribution in [3.8, 4) is 0 Å². The smallest absolute Gasteiger partial charge is 0.196 e. The molecule has 2 aromatic rings. The minimum atomic E-state index is -0.284. The van der Waals surface area contributed by atoms with Crippen LogP contribution >= 0.6 is 11.3 Å². The van der Waals surface area contributed by atoms with Crippen molar-refractivity contribution >= 4 is 23.0 Å². The molecular formula is C14H16N4S. The molecule has 2 heterocycles. The molecule has 1 aromatic carbocycles. The van der Waals surface area contributed by atoms with Gasteiger partial charge in [-0.25, -0.2) is 4.98 Å². The average Bonchev–Trinajstić information content (AvgIpc) is 3.01. The van der Waals surface area contributed by atoms with Gasteiger partial charge in [-0.1, -0.05) is 17.7 Å². The van der Waals surface area contributed by atoms with Gasteiger partial charge in [0.05, 0.1) is 6.54 Å². The van der Waals surface area contributed by atoms with Crippen LogP contribution in [0.25, 0.3) is 0 Å². The fourth-order valence-electron chi connectivity index (χ4n) is 2.39. The van der Waals surface area contributed by atoms with Crippen molar-refractivity contribution in [3.63, 3.8) is 0 Å². The molecule has 0 saturated carbocycles. The van der Waals surface area contributed by atoms with E-state index in [9.17, 15) is 0 Å². The van der Waals surface area contributed by atoms with Crippen LogP contribution in [0.3, 0.4) is 0 Å². The molecule has 1 unspecified atom stereocenters. The molecule has 0 aliphatic carbocycles. The molecule has 0 fully saturated rings. The van der Waals surface area contributed by atoms with Crippen LogP contribution in [-0.2, 0) is 5.54 Å². The summed E-state index contributed by atoms with van der Waals surface area (Å²) in [5, 5.41) is 3.03. The van der Waals surface area contributed by atoms with E-state index in [0.29, 0.717) is 12.5 Å². The van der Waals surface area contributed by atoms with Gasteiger partial charge >= 0.3 is 0 Å². The Morgan fingerprint density at radius 1 is 1.32 bits per heavy atom. The quantitative estimate of drug-likeness (QED) is 0.914. The van der Waals surface area contributed by atoms with Gasteiger partial charge in [-0.3, -0.25) is 9.89 Å². The average molecular weight is 272 g/mol. The van der Waals surface area contributed by atoms with Crippen LogP contribution in [0.5, 0.6) is 0 Å². The Labute approximate surface area is 116 Å². The number of aliphatic imine (C=N–C) groups is 1. The zero-order valence-corrected chi connectivity index (χ0v) is 11.8. The third-order valence-electron chi connectivity index (χ3n) is 3.46. The minimum absolute atomic E-state index is 0.284. The van der Waals surface area contributed by atoms with Crippen molar-refractivity contribution in [1.29, 1.82) is 0 Å². The summed E-state index contributed by atoms with van der Waals surface area (Å²) >= 11 is 1.64. The molecule has 98 valence electrons. The van der Waals surface area contributed by atoms with Crippen LogP contribution in [0.2, 0.25) is 0 Å². The normalized spacial score (nSPS) is 22.6. The molecule has 1 aliphatic rings. The third kappa shape index (κ3) is 1.90. The van der Waals surface area contributed by atoms with E-state index in [1.807, 2.05) is 11.6 Å². The first-order valence-corrected chi connectivity index (χ1v) is 7.06. The van der Waals surface area contributed by atoms with E-state index >= 15 is 0 Å². The Hall–Kier alpha value is -1.88. The lowest BCUT2D eigenvalue weighted by atomic mass is 10.0. The van der Waals surface area contributed by atoms with Crippen LogP contribution in [0, 0.1) is 6.92 Å². The molecule has 4 nitrogen and oxygen atoms in total. The zero-order chi connectivity index (χ0) is 13.5. The minimum Gasteiger partial charge on any atom is -0.369 e. The number of aromatic nitrogens is 1. The molecule has 0 saturated heterocycles. The number of rotatable bonds is 2. The van der Waals surface area contributed by atoms with E-state index in [2.05, 4.69) is 53.0 Å². The van der Waals surface area contributed by atoms with Crippen LogP contribution in [0.1, 0.15) is 17.5 Å². The summed E-state index contributed by atoms with van der Waals surface area (Å²) in [5.41, 5.74) is 8.09. The van der Waals surface area contributed by atoms with Crippen molar-refractivity contribution in [2.75, 3.05) is 11.4 Å². The Balaban J connectivity index is 2.06. The first-order chi connectivity index (χ1) is 9.11. The van der Waals surface area contributed by atoms with E-state index in [-0.39, 0.29) is 5.54 Å². The molecule has 1 aromatic heterocycles. The molecule has 3 rings (SSSR count). The Kier molecular flexibility index (Phi) is 2.78. The largest absolute Gasteiger partial charge is 0.369 e. The zero-order valence-electron chi connectivity index (χ0n) is 11.0. The van der Waals surface area contributed by atoms with Crippen LogP contribution in [0.15, 0.2) is 40.8 Å². The highest BCUT2D eigenvalue weighted by Crippen LogP contribution is 2.37. The van der Waals surface area contributed by atoms with Gasteiger partial charge in [-0.15, -0.1) is 11.3 Å². The van der Waals surface area contributed by atoms with E-state index in [4.69, 9.17) is 5.73 Å². The first kappa shape index (κ1) is 12.2. The number of nitrogens with zero attached hydrogens (tertiary/aromatic N) is 3. The molecule has 0 bridgehead atoms. The lowest BCUT2D eigenvalue weighted by molar-refractivity contribution is 0.529. The lowest BCUT2D eigenvalue weighted by Gasteiger charge is -2.34. The molecule has 5 heteroatoms. The van der Waals surface area contributed by atoms with Gasteiger partial charge in [0.25, 0.3) is 0 Å². The van der Waals surface area contributed by atoms with Crippen LogP contribution < -0.4 is 10.6 Å². The maximum absolute atomic E-state index is 6.08. The highest BCUT2D eigenvalue weighted by molar-refractivity contribution is 7.09. The number of thiazole rings is 1. The maximum atomic E-state index is 6.08.